The molecule has 3 rings (SSSR count). The Bertz CT molecular complexity index is 664. The van der Waals surface area contributed by atoms with Crippen LogP contribution in [-0.4, -0.2) is 16.1 Å². The van der Waals surface area contributed by atoms with Crippen LogP contribution in [0.2, 0.25) is 0 Å². The number of carboxylic acids is 1. The summed E-state index contributed by atoms with van der Waals surface area (Å²) in [5.41, 5.74) is 5.05. The van der Waals surface area contributed by atoms with Gasteiger partial charge in [0.2, 0.25) is 0 Å². The second-order valence-electron chi connectivity index (χ2n) is 5.38. The van der Waals surface area contributed by atoms with E-state index in [1.165, 1.54) is 5.56 Å². The lowest BCUT2D eigenvalue weighted by molar-refractivity contribution is -0.139. The van der Waals surface area contributed by atoms with Gasteiger partial charge < -0.3 is 5.11 Å². The number of hydrogen-bond donors (Lipinski definition) is 1. The van der Waals surface area contributed by atoms with Crippen molar-refractivity contribution in [3.05, 3.63) is 53.2 Å². The second kappa shape index (κ2) is 5.08. The Balaban J connectivity index is 2.03. The van der Waals surface area contributed by atoms with Gasteiger partial charge in [0.1, 0.15) is 0 Å². The lowest BCUT2D eigenvalue weighted by atomic mass is 9.85. The van der Waals surface area contributed by atoms with Crippen molar-refractivity contribution < 1.29 is 9.90 Å². The molecule has 1 N–H and O–H groups in total. The number of pyridine rings is 1. The predicted octanol–water partition coefficient (Wildman–Crippen LogP) is 3.56. The van der Waals surface area contributed by atoms with Crippen LogP contribution in [0, 0.1) is 6.92 Å². The molecule has 0 aliphatic heterocycles. The predicted molar refractivity (Wildman–Crippen MR) is 77.7 cm³/mol. The van der Waals surface area contributed by atoms with Crippen molar-refractivity contribution >= 4 is 5.97 Å². The minimum Gasteiger partial charge on any atom is -0.481 e. The zero-order valence-corrected chi connectivity index (χ0v) is 11.5. The van der Waals surface area contributed by atoms with Gasteiger partial charge in [0.05, 0.1) is 11.6 Å². The number of fused-ring (bicyclic) bond motifs is 1. The Kier molecular flexibility index (Phi) is 3.26. The van der Waals surface area contributed by atoms with Crippen molar-refractivity contribution in [1.82, 2.24) is 4.98 Å². The Morgan fingerprint density at radius 3 is 2.90 bits per heavy atom. The van der Waals surface area contributed by atoms with Gasteiger partial charge >= 0.3 is 5.97 Å². The number of aryl methyl sites for hydroxylation is 2. The highest BCUT2D eigenvalue weighted by molar-refractivity contribution is 5.77. The average Bonchev–Trinajstić information content (AvgIpc) is 2.46. The highest BCUT2D eigenvalue weighted by Gasteiger charge is 2.27. The van der Waals surface area contributed by atoms with Gasteiger partial charge in [-0.05, 0) is 43.9 Å². The van der Waals surface area contributed by atoms with E-state index in [-0.39, 0.29) is 0 Å². The standard InChI is InChI=1S/C17H17NO2/c1-11-4-2-5-12(10-11)15-9-8-13-14(17(19)20)6-3-7-16(13)18-15/h2,4-5,8-10,14H,3,6-7H2,1H3,(H,19,20). The molecule has 3 heteroatoms. The summed E-state index contributed by atoms with van der Waals surface area (Å²) in [5, 5.41) is 9.28. The summed E-state index contributed by atoms with van der Waals surface area (Å²) in [5.74, 6) is -1.13. The maximum Gasteiger partial charge on any atom is 0.311 e. The topological polar surface area (TPSA) is 50.2 Å². The molecule has 2 aromatic rings. The molecule has 0 saturated heterocycles. The fraction of sp³-hybridized carbons (Fsp3) is 0.294. The molecule has 0 bridgehead atoms. The second-order valence-corrected chi connectivity index (χ2v) is 5.38. The van der Waals surface area contributed by atoms with Gasteiger partial charge in [-0.2, -0.15) is 0 Å². The SMILES string of the molecule is Cc1cccc(-c2ccc3c(n2)CCCC3C(=O)O)c1. The molecule has 1 heterocycles. The number of rotatable bonds is 2. The van der Waals surface area contributed by atoms with Crippen molar-refractivity contribution in [3.63, 3.8) is 0 Å². The van der Waals surface area contributed by atoms with Gasteiger partial charge in [-0.1, -0.05) is 29.8 Å². The molecule has 0 amide bonds. The largest absolute Gasteiger partial charge is 0.481 e. The van der Waals surface area contributed by atoms with E-state index in [2.05, 4.69) is 19.1 Å². The molecule has 0 fully saturated rings. The van der Waals surface area contributed by atoms with Gasteiger partial charge in [0, 0.05) is 11.3 Å². The van der Waals surface area contributed by atoms with Gasteiger partial charge in [0.25, 0.3) is 0 Å². The van der Waals surface area contributed by atoms with Gasteiger partial charge in [0.15, 0.2) is 0 Å². The Labute approximate surface area is 118 Å². The smallest absolute Gasteiger partial charge is 0.311 e. The Hall–Kier alpha value is -2.16. The van der Waals surface area contributed by atoms with Crippen LogP contribution in [0.5, 0.6) is 0 Å². The maximum absolute atomic E-state index is 11.3. The molecule has 1 aliphatic rings. The molecule has 102 valence electrons. The number of aromatic nitrogens is 1. The lowest BCUT2D eigenvalue weighted by Gasteiger charge is -2.22. The van der Waals surface area contributed by atoms with E-state index < -0.39 is 11.9 Å². The van der Waals surface area contributed by atoms with Crippen LogP contribution in [-0.2, 0) is 11.2 Å². The third-order valence-corrected chi connectivity index (χ3v) is 3.90. The summed E-state index contributed by atoms with van der Waals surface area (Å²) >= 11 is 0. The molecule has 3 nitrogen and oxygen atoms in total. The van der Waals surface area contributed by atoms with E-state index in [0.717, 1.165) is 35.4 Å². The number of benzene rings is 1. The normalized spacial score (nSPS) is 17.6. The van der Waals surface area contributed by atoms with Crippen LogP contribution in [0.3, 0.4) is 0 Å². The summed E-state index contributed by atoms with van der Waals surface area (Å²) in [7, 11) is 0. The number of carboxylic acid groups (broad SMARTS) is 1. The molecular weight excluding hydrogens is 250 g/mol. The quantitative estimate of drug-likeness (QED) is 0.905. The van der Waals surface area contributed by atoms with Gasteiger partial charge in [-0.25, -0.2) is 0 Å². The van der Waals surface area contributed by atoms with Crippen LogP contribution < -0.4 is 0 Å². The highest BCUT2D eigenvalue weighted by atomic mass is 16.4. The molecule has 0 spiro atoms. The van der Waals surface area contributed by atoms with E-state index in [4.69, 9.17) is 4.98 Å². The summed E-state index contributed by atoms with van der Waals surface area (Å²) < 4.78 is 0. The molecular formula is C17H17NO2. The summed E-state index contributed by atoms with van der Waals surface area (Å²) in [4.78, 5) is 16.0. The van der Waals surface area contributed by atoms with E-state index in [9.17, 15) is 9.90 Å². The lowest BCUT2D eigenvalue weighted by Crippen LogP contribution is -2.19. The number of carbonyl (C=O) groups is 1. The molecule has 1 atom stereocenters. The molecule has 1 aromatic carbocycles. The van der Waals surface area contributed by atoms with Gasteiger partial charge in [-0.3, -0.25) is 9.78 Å². The number of nitrogens with zero attached hydrogens (tertiary/aromatic N) is 1. The van der Waals surface area contributed by atoms with Crippen molar-refractivity contribution in [2.24, 2.45) is 0 Å². The third kappa shape index (κ3) is 2.31. The van der Waals surface area contributed by atoms with Crippen molar-refractivity contribution in [2.75, 3.05) is 0 Å². The fourth-order valence-electron chi connectivity index (χ4n) is 2.88. The van der Waals surface area contributed by atoms with Crippen molar-refractivity contribution in [2.45, 2.75) is 32.1 Å². The molecule has 1 aromatic heterocycles. The van der Waals surface area contributed by atoms with Crippen molar-refractivity contribution in [1.29, 1.82) is 0 Å². The van der Waals surface area contributed by atoms with Crippen LogP contribution in [0.15, 0.2) is 36.4 Å². The first-order valence-corrected chi connectivity index (χ1v) is 6.95. The van der Waals surface area contributed by atoms with Crippen LogP contribution in [0.1, 0.15) is 35.6 Å². The highest BCUT2D eigenvalue weighted by Crippen LogP contribution is 2.32. The molecule has 1 aliphatic carbocycles. The minimum absolute atomic E-state index is 0.391. The van der Waals surface area contributed by atoms with Crippen molar-refractivity contribution in [3.8, 4) is 11.3 Å². The number of aliphatic carboxylic acids is 1. The van der Waals surface area contributed by atoms with E-state index in [0.29, 0.717) is 6.42 Å². The maximum atomic E-state index is 11.3. The van der Waals surface area contributed by atoms with E-state index in [1.54, 1.807) is 0 Å². The van der Waals surface area contributed by atoms with Gasteiger partial charge in [-0.15, -0.1) is 0 Å². The third-order valence-electron chi connectivity index (χ3n) is 3.90. The summed E-state index contributed by atoms with van der Waals surface area (Å²) in [6.07, 6.45) is 2.49. The molecule has 20 heavy (non-hydrogen) atoms. The molecule has 0 saturated carbocycles. The van der Waals surface area contributed by atoms with Crippen LogP contribution in [0.25, 0.3) is 11.3 Å². The van der Waals surface area contributed by atoms with Crippen LogP contribution in [0.4, 0.5) is 0 Å². The first-order valence-electron chi connectivity index (χ1n) is 6.95. The minimum atomic E-state index is -0.740. The average molecular weight is 267 g/mol. The first kappa shape index (κ1) is 12.9. The zero-order chi connectivity index (χ0) is 14.1. The van der Waals surface area contributed by atoms with E-state index >= 15 is 0 Å². The van der Waals surface area contributed by atoms with E-state index in [1.807, 2.05) is 24.3 Å². The Morgan fingerprint density at radius 2 is 2.15 bits per heavy atom. The summed E-state index contributed by atoms with van der Waals surface area (Å²) in [6.45, 7) is 2.06. The molecule has 1 unspecified atom stereocenters. The zero-order valence-electron chi connectivity index (χ0n) is 11.5. The Morgan fingerprint density at radius 1 is 1.30 bits per heavy atom. The first-order chi connectivity index (χ1) is 9.65. The summed E-state index contributed by atoms with van der Waals surface area (Å²) in [6, 6.07) is 12.1. The molecule has 0 radical (unpaired) electrons. The monoisotopic (exact) mass is 267 g/mol. The fourth-order valence-corrected chi connectivity index (χ4v) is 2.88. The van der Waals surface area contributed by atoms with Crippen LogP contribution >= 0.6 is 0 Å². The number of hydrogen-bond acceptors (Lipinski definition) is 2.